The molecule has 24 heavy (non-hydrogen) atoms. The lowest BCUT2D eigenvalue weighted by Gasteiger charge is -2.37. The molecule has 0 spiro atoms. The van der Waals surface area contributed by atoms with Crippen molar-refractivity contribution in [2.45, 2.75) is 32.7 Å². The number of aliphatic hydroxyl groups is 1. The van der Waals surface area contributed by atoms with E-state index in [4.69, 9.17) is 11.6 Å². The molecule has 1 saturated heterocycles. The van der Waals surface area contributed by atoms with Crippen LogP contribution in [0, 0.1) is 12.8 Å². The molecule has 2 aromatic rings. The fourth-order valence-corrected chi connectivity index (χ4v) is 3.42. The summed E-state index contributed by atoms with van der Waals surface area (Å²) in [5.74, 6) is 0.0615. The van der Waals surface area contributed by atoms with E-state index in [2.05, 4.69) is 5.10 Å². The van der Waals surface area contributed by atoms with Gasteiger partial charge in [-0.2, -0.15) is 5.10 Å². The number of nitrogens with zero attached hydrogens (tertiary/aromatic N) is 3. The van der Waals surface area contributed by atoms with Gasteiger partial charge in [0.05, 0.1) is 10.7 Å². The van der Waals surface area contributed by atoms with Crippen molar-refractivity contribution < 1.29 is 9.90 Å². The number of halogens is 1. The summed E-state index contributed by atoms with van der Waals surface area (Å²) < 4.78 is 1.70. The number of para-hydroxylation sites is 1. The zero-order valence-electron chi connectivity index (χ0n) is 13.9. The standard InChI is InChI=1S/C18H22ClN3O2/c1-12-7-8-14(11-23)10-21(12)18(24)16-9-13(2)22(20-16)17-6-4-3-5-15(17)19/h3-6,9,12,14,23H,7-8,10-11H2,1-2H3. The molecule has 1 aliphatic heterocycles. The third-order valence-corrected chi connectivity index (χ3v) is 5.01. The van der Waals surface area contributed by atoms with Gasteiger partial charge in [0.25, 0.3) is 5.91 Å². The van der Waals surface area contributed by atoms with E-state index in [1.807, 2.05) is 36.9 Å². The fraction of sp³-hybridized carbons (Fsp3) is 0.444. The first-order chi connectivity index (χ1) is 11.5. The maximum absolute atomic E-state index is 12.9. The van der Waals surface area contributed by atoms with Crippen LogP contribution < -0.4 is 0 Å². The minimum Gasteiger partial charge on any atom is -0.396 e. The predicted octanol–water partition coefficient (Wildman–Crippen LogP) is 3.07. The van der Waals surface area contributed by atoms with Crippen LogP contribution in [-0.2, 0) is 0 Å². The summed E-state index contributed by atoms with van der Waals surface area (Å²) in [4.78, 5) is 14.7. The van der Waals surface area contributed by atoms with Gasteiger partial charge in [0.1, 0.15) is 0 Å². The number of likely N-dealkylation sites (tertiary alicyclic amines) is 1. The monoisotopic (exact) mass is 347 g/mol. The van der Waals surface area contributed by atoms with Crippen molar-refractivity contribution in [3.05, 3.63) is 46.7 Å². The lowest BCUT2D eigenvalue weighted by Crippen LogP contribution is -2.46. The largest absolute Gasteiger partial charge is 0.396 e. The van der Waals surface area contributed by atoms with Gasteiger partial charge in [-0.05, 0) is 50.8 Å². The second-order valence-electron chi connectivity index (χ2n) is 6.47. The van der Waals surface area contributed by atoms with Crippen LogP contribution in [0.3, 0.4) is 0 Å². The van der Waals surface area contributed by atoms with Crippen molar-refractivity contribution in [1.82, 2.24) is 14.7 Å². The smallest absolute Gasteiger partial charge is 0.274 e. The Morgan fingerprint density at radius 3 is 2.83 bits per heavy atom. The highest BCUT2D eigenvalue weighted by molar-refractivity contribution is 6.32. The molecule has 1 aromatic heterocycles. The summed E-state index contributed by atoms with van der Waals surface area (Å²) in [6.45, 7) is 4.64. The van der Waals surface area contributed by atoms with Gasteiger partial charge in [-0.3, -0.25) is 4.79 Å². The quantitative estimate of drug-likeness (QED) is 0.928. The lowest BCUT2D eigenvalue weighted by molar-refractivity contribution is 0.0483. The zero-order chi connectivity index (χ0) is 17.3. The summed E-state index contributed by atoms with van der Waals surface area (Å²) in [6.07, 6.45) is 1.86. The molecule has 128 valence electrons. The van der Waals surface area contributed by atoms with Gasteiger partial charge >= 0.3 is 0 Å². The molecule has 0 bridgehead atoms. The number of carbonyl (C=O) groups is 1. The third-order valence-electron chi connectivity index (χ3n) is 4.69. The van der Waals surface area contributed by atoms with Crippen molar-refractivity contribution >= 4 is 17.5 Å². The van der Waals surface area contributed by atoms with Crippen molar-refractivity contribution in [3.63, 3.8) is 0 Å². The molecule has 1 fully saturated rings. The van der Waals surface area contributed by atoms with Gasteiger partial charge < -0.3 is 10.0 Å². The minimum absolute atomic E-state index is 0.0884. The molecule has 6 heteroatoms. The van der Waals surface area contributed by atoms with Crippen LogP contribution in [0.25, 0.3) is 5.69 Å². The first kappa shape index (κ1) is 17.0. The van der Waals surface area contributed by atoms with Gasteiger partial charge in [0.15, 0.2) is 5.69 Å². The molecule has 0 aliphatic carbocycles. The molecule has 3 rings (SSSR count). The van der Waals surface area contributed by atoms with Gasteiger partial charge in [-0.25, -0.2) is 4.68 Å². The number of hydrogen-bond donors (Lipinski definition) is 1. The van der Waals surface area contributed by atoms with E-state index in [1.165, 1.54) is 0 Å². The predicted molar refractivity (Wildman–Crippen MR) is 93.6 cm³/mol. The van der Waals surface area contributed by atoms with Crippen molar-refractivity contribution in [1.29, 1.82) is 0 Å². The van der Waals surface area contributed by atoms with Crippen LogP contribution in [0.2, 0.25) is 5.02 Å². The molecule has 5 nitrogen and oxygen atoms in total. The Morgan fingerprint density at radius 2 is 2.12 bits per heavy atom. The van der Waals surface area contributed by atoms with Crippen LogP contribution in [0.5, 0.6) is 0 Å². The normalized spacial score (nSPS) is 21.1. The molecule has 1 N–H and O–H groups in total. The Kier molecular flexibility index (Phi) is 4.92. The van der Waals surface area contributed by atoms with Crippen LogP contribution in [0.15, 0.2) is 30.3 Å². The first-order valence-electron chi connectivity index (χ1n) is 8.24. The Balaban J connectivity index is 1.89. The molecule has 1 amide bonds. The van der Waals surface area contributed by atoms with E-state index in [-0.39, 0.29) is 24.5 Å². The van der Waals surface area contributed by atoms with E-state index in [0.717, 1.165) is 24.2 Å². The molecule has 0 radical (unpaired) electrons. The average molecular weight is 348 g/mol. The Morgan fingerprint density at radius 1 is 1.38 bits per heavy atom. The van der Waals surface area contributed by atoms with E-state index in [9.17, 15) is 9.90 Å². The minimum atomic E-state index is -0.0884. The van der Waals surface area contributed by atoms with E-state index < -0.39 is 0 Å². The maximum atomic E-state index is 12.9. The summed E-state index contributed by atoms with van der Waals surface area (Å²) in [7, 11) is 0. The second kappa shape index (κ2) is 6.95. The molecular formula is C18H22ClN3O2. The highest BCUT2D eigenvalue weighted by Gasteiger charge is 2.30. The number of amides is 1. The average Bonchev–Trinajstić information content (AvgIpc) is 2.97. The fourth-order valence-electron chi connectivity index (χ4n) is 3.21. The van der Waals surface area contributed by atoms with Crippen LogP contribution >= 0.6 is 11.6 Å². The van der Waals surface area contributed by atoms with Crippen LogP contribution in [0.4, 0.5) is 0 Å². The van der Waals surface area contributed by atoms with Crippen LogP contribution in [-0.4, -0.2) is 44.9 Å². The number of carbonyl (C=O) groups excluding carboxylic acids is 1. The van der Waals surface area contributed by atoms with Gasteiger partial charge in [0, 0.05) is 24.9 Å². The molecular weight excluding hydrogens is 326 g/mol. The van der Waals surface area contributed by atoms with E-state index in [1.54, 1.807) is 16.8 Å². The summed E-state index contributed by atoms with van der Waals surface area (Å²) in [5.41, 5.74) is 2.03. The van der Waals surface area contributed by atoms with E-state index >= 15 is 0 Å². The number of hydrogen-bond acceptors (Lipinski definition) is 3. The lowest BCUT2D eigenvalue weighted by atomic mass is 9.94. The van der Waals surface area contributed by atoms with Crippen LogP contribution in [0.1, 0.15) is 35.9 Å². The molecule has 1 aromatic carbocycles. The zero-order valence-corrected chi connectivity index (χ0v) is 14.7. The Hall–Kier alpha value is -1.85. The summed E-state index contributed by atoms with van der Waals surface area (Å²) >= 11 is 6.25. The number of rotatable bonds is 3. The summed E-state index contributed by atoms with van der Waals surface area (Å²) in [6, 6.07) is 9.39. The SMILES string of the molecule is Cc1cc(C(=O)N2CC(CO)CCC2C)nn1-c1ccccc1Cl. The number of aliphatic hydroxyl groups excluding tert-OH is 1. The number of benzene rings is 1. The number of aromatic nitrogens is 2. The number of piperidine rings is 1. The Bertz CT molecular complexity index is 744. The highest BCUT2D eigenvalue weighted by atomic mass is 35.5. The molecule has 2 heterocycles. The molecule has 0 saturated carbocycles. The maximum Gasteiger partial charge on any atom is 0.274 e. The Labute approximate surface area is 146 Å². The van der Waals surface area contributed by atoms with Crippen molar-refractivity contribution in [3.8, 4) is 5.69 Å². The summed E-state index contributed by atoms with van der Waals surface area (Å²) in [5, 5.41) is 14.5. The molecule has 2 atom stereocenters. The second-order valence-corrected chi connectivity index (χ2v) is 6.87. The van der Waals surface area contributed by atoms with Gasteiger partial charge in [-0.1, -0.05) is 23.7 Å². The van der Waals surface area contributed by atoms with Gasteiger partial charge in [0.2, 0.25) is 0 Å². The van der Waals surface area contributed by atoms with E-state index in [0.29, 0.717) is 17.3 Å². The molecule has 2 unspecified atom stereocenters. The van der Waals surface area contributed by atoms with Crippen molar-refractivity contribution in [2.75, 3.05) is 13.2 Å². The number of aryl methyl sites for hydroxylation is 1. The third kappa shape index (κ3) is 3.19. The highest BCUT2D eigenvalue weighted by Crippen LogP contribution is 2.25. The van der Waals surface area contributed by atoms with Gasteiger partial charge in [-0.15, -0.1) is 0 Å². The molecule has 1 aliphatic rings. The first-order valence-corrected chi connectivity index (χ1v) is 8.62. The van der Waals surface area contributed by atoms with Crippen molar-refractivity contribution in [2.24, 2.45) is 5.92 Å². The topological polar surface area (TPSA) is 58.4 Å².